The van der Waals surface area contributed by atoms with Gasteiger partial charge in [-0.05, 0) is 35.8 Å². The van der Waals surface area contributed by atoms with Crippen LogP contribution in [-0.2, 0) is 4.43 Å². The van der Waals surface area contributed by atoms with E-state index in [9.17, 15) is 4.79 Å². The summed E-state index contributed by atoms with van der Waals surface area (Å²) in [4.78, 5) is 17.1. The quantitative estimate of drug-likeness (QED) is 0.571. The van der Waals surface area contributed by atoms with Crippen LogP contribution < -0.4 is 0 Å². The van der Waals surface area contributed by atoms with Crippen LogP contribution in [0.4, 0.5) is 0 Å². The number of hydrogen-bond acceptors (Lipinski definition) is 3. The largest absolute Gasteiger partial charge is 0.403 e. The number of pyridine rings is 1. The molecular weight excluding hydrogens is 302 g/mol. The molecule has 122 valence electrons. The van der Waals surface area contributed by atoms with Gasteiger partial charge in [-0.25, -0.2) is 0 Å². The van der Waals surface area contributed by atoms with Gasteiger partial charge in [0.15, 0.2) is 14.1 Å². The van der Waals surface area contributed by atoms with Gasteiger partial charge < -0.3 is 4.43 Å². The predicted molar refractivity (Wildman–Crippen MR) is 96.0 cm³/mol. The molecule has 0 fully saturated rings. The number of ketones is 1. The third kappa shape index (κ3) is 4.15. The van der Waals surface area contributed by atoms with Crippen LogP contribution in [0.25, 0.3) is 0 Å². The Hall–Kier alpha value is -1.78. The van der Waals surface area contributed by atoms with E-state index in [4.69, 9.17) is 4.43 Å². The van der Waals surface area contributed by atoms with Crippen molar-refractivity contribution in [1.82, 2.24) is 4.98 Å². The summed E-state index contributed by atoms with van der Waals surface area (Å²) in [6, 6.07) is 13.1. The van der Waals surface area contributed by atoms with Crippen molar-refractivity contribution in [1.29, 1.82) is 0 Å². The summed E-state index contributed by atoms with van der Waals surface area (Å²) in [7, 11) is -2.09. The number of carbonyl (C=O) groups excluding carboxylic acids is 1. The van der Waals surface area contributed by atoms with Gasteiger partial charge in [0.1, 0.15) is 6.10 Å². The van der Waals surface area contributed by atoms with E-state index in [-0.39, 0.29) is 10.8 Å². The summed E-state index contributed by atoms with van der Waals surface area (Å²) in [6.07, 6.45) is 2.83. The van der Waals surface area contributed by atoms with Gasteiger partial charge in [-0.15, -0.1) is 0 Å². The molecule has 0 spiro atoms. The maximum absolute atomic E-state index is 13.0. The molecule has 1 atom stereocenters. The smallest absolute Gasteiger partial charge is 0.194 e. The van der Waals surface area contributed by atoms with E-state index in [1.807, 2.05) is 42.5 Å². The van der Waals surface area contributed by atoms with Gasteiger partial charge in [-0.3, -0.25) is 9.78 Å². The third-order valence-electron chi connectivity index (χ3n) is 4.52. The number of hydrogen-bond donors (Lipinski definition) is 0. The summed E-state index contributed by atoms with van der Waals surface area (Å²) in [5.74, 6) is 0.00150. The fourth-order valence-corrected chi connectivity index (χ4v) is 3.22. The van der Waals surface area contributed by atoms with Crippen molar-refractivity contribution in [2.45, 2.75) is 45.0 Å². The Kier molecular flexibility index (Phi) is 5.17. The average Bonchev–Trinajstić information content (AvgIpc) is 2.52. The molecule has 2 aromatic rings. The lowest BCUT2D eigenvalue weighted by Gasteiger charge is -2.39. The number of benzene rings is 1. The number of aromatic nitrogens is 1. The molecule has 4 heteroatoms. The molecule has 0 N–H and O–H groups in total. The number of Topliss-reactive ketones (excluding diaryl/α,β-unsaturated/α-hetero) is 1. The molecule has 1 aromatic heterocycles. The highest BCUT2D eigenvalue weighted by molar-refractivity contribution is 6.74. The molecule has 0 bridgehead atoms. The molecule has 23 heavy (non-hydrogen) atoms. The molecule has 1 unspecified atom stereocenters. The van der Waals surface area contributed by atoms with Crippen LogP contribution in [0.1, 0.15) is 42.8 Å². The average molecular weight is 328 g/mol. The summed E-state index contributed by atoms with van der Waals surface area (Å²) < 4.78 is 6.47. The molecule has 1 aromatic carbocycles. The van der Waals surface area contributed by atoms with Crippen LogP contribution in [-0.4, -0.2) is 19.1 Å². The zero-order valence-electron chi connectivity index (χ0n) is 14.5. The lowest BCUT2D eigenvalue weighted by atomic mass is 10.0. The monoisotopic (exact) mass is 327 g/mol. The first-order valence-corrected chi connectivity index (χ1v) is 10.8. The first-order chi connectivity index (χ1) is 10.7. The van der Waals surface area contributed by atoms with Gasteiger partial charge in [0.25, 0.3) is 0 Å². The fourth-order valence-electron chi connectivity index (χ4n) is 2.04. The Labute approximate surface area is 139 Å². The highest BCUT2D eigenvalue weighted by Gasteiger charge is 2.41. The minimum atomic E-state index is -2.09. The molecule has 0 aliphatic carbocycles. The van der Waals surface area contributed by atoms with E-state index in [0.717, 1.165) is 5.56 Å². The standard InChI is InChI=1S/C19H25NO2Si/c1-19(2,3)23(4,5)22-18(16-11-13-20-14-12-16)17(21)15-9-7-6-8-10-15/h6-14,18H,1-5H3. The van der Waals surface area contributed by atoms with Gasteiger partial charge in [0, 0.05) is 18.0 Å². The molecule has 0 saturated heterocycles. The first kappa shape index (κ1) is 17.6. The lowest BCUT2D eigenvalue weighted by molar-refractivity contribution is 0.0767. The van der Waals surface area contributed by atoms with Crippen LogP contribution >= 0.6 is 0 Å². The van der Waals surface area contributed by atoms with Crippen molar-refractivity contribution < 1.29 is 9.22 Å². The van der Waals surface area contributed by atoms with Crippen LogP contribution in [0.15, 0.2) is 54.9 Å². The maximum atomic E-state index is 13.0. The molecule has 3 nitrogen and oxygen atoms in total. The SMILES string of the molecule is CC(C)(C)[Si](C)(C)OC(C(=O)c1ccccc1)c1ccncc1. The Morgan fingerprint density at radius 2 is 1.61 bits per heavy atom. The Morgan fingerprint density at radius 1 is 1.04 bits per heavy atom. The summed E-state index contributed by atoms with van der Waals surface area (Å²) >= 11 is 0. The van der Waals surface area contributed by atoms with Crippen molar-refractivity contribution in [3.63, 3.8) is 0 Å². The number of nitrogens with zero attached hydrogens (tertiary/aromatic N) is 1. The second kappa shape index (κ2) is 6.77. The third-order valence-corrected chi connectivity index (χ3v) is 8.96. The van der Waals surface area contributed by atoms with Crippen LogP contribution in [0.5, 0.6) is 0 Å². The minimum Gasteiger partial charge on any atom is -0.403 e. The van der Waals surface area contributed by atoms with E-state index < -0.39 is 14.4 Å². The van der Waals surface area contributed by atoms with Gasteiger partial charge in [0.2, 0.25) is 0 Å². The van der Waals surface area contributed by atoms with E-state index in [1.165, 1.54) is 0 Å². The normalized spacial score (nSPS) is 13.6. The predicted octanol–water partition coefficient (Wildman–Crippen LogP) is 5.03. The second-order valence-corrected chi connectivity index (χ2v) is 12.0. The Balaban J connectivity index is 2.40. The van der Waals surface area contributed by atoms with Crippen LogP contribution in [0, 0.1) is 0 Å². The highest BCUT2D eigenvalue weighted by atomic mass is 28.4. The number of rotatable bonds is 5. The Morgan fingerprint density at radius 3 is 2.13 bits per heavy atom. The topological polar surface area (TPSA) is 39.2 Å². The molecule has 0 radical (unpaired) electrons. The van der Waals surface area contributed by atoms with Crippen molar-refractivity contribution in [3.8, 4) is 0 Å². The number of carbonyl (C=O) groups is 1. The fraction of sp³-hybridized carbons (Fsp3) is 0.368. The molecular formula is C19H25NO2Si. The van der Waals surface area contributed by atoms with E-state index >= 15 is 0 Å². The van der Waals surface area contributed by atoms with E-state index in [0.29, 0.717) is 5.56 Å². The van der Waals surface area contributed by atoms with Gasteiger partial charge >= 0.3 is 0 Å². The van der Waals surface area contributed by atoms with Crippen LogP contribution in [0.2, 0.25) is 18.1 Å². The van der Waals surface area contributed by atoms with Crippen molar-refractivity contribution >= 4 is 14.1 Å². The second-order valence-electron chi connectivity index (χ2n) is 7.27. The summed E-state index contributed by atoms with van der Waals surface area (Å²) in [5, 5.41) is 0.0370. The van der Waals surface area contributed by atoms with Gasteiger partial charge in [-0.2, -0.15) is 0 Å². The minimum absolute atomic E-state index is 0.00150. The van der Waals surface area contributed by atoms with Crippen molar-refractivity contribution in [3.05, 3.63) is 66.0 Å². The molecule has 0 saturated carbocycles. The van der Waals surface area contributed by atoms with Gasteiger partial charge in [-0.1, -0.05) is 51.1 Å². The molecule has 0 amide bonds. The van der Waals surface area contributed by atoms with Gasteiger partial charge in [0.05, 0.1) is 0 Å². The van der Waals surface area contributed by atoms with E-state index in [2.05, 4.69) is 38.8 Å². The van der Waals surface area contributed by atoms with Crippen LogP contribution in [0.3, 0.4) is 0 Å². The van der Waals surface area contributed by atoms with Crippen molar-refractivity contribution in [2.24, 2.45) is 0 Å². The zero-order valence-corrected chi connectivity index (χ0v) is 15.5. The maximum Gasteiger partial charge on any atom is 0.194 e. The van der Waals surface area contributed by atoms with Crippen molar-refractivity contribution in [2.75, 3.05) is 0 Å². The Bertz CT molecular complexity index is 648. The highest BCUT2D eigenvalue weighted by Crippen LogP contribution is 2.40. The lowest BCUT2D eigenvalue weighted by Crippen LogP contribution is -2.43. The molecule has 1 heterocycles. The zero-order chi connectivity index (χ0) is 17.1. The summed E-state index contributed by atoms with van der Waals surface area (Å²) in [5.41, 5.74) is 1.53. The molecule has 0 aliphatic heterocycles. The summed E-state index contributed by atoms with van der Waals surface area (Å²) in [6.45, 7) is 10.9. The first-order valence-electron chi connectivity index (χ1n) is 7.89. The molecule has 2 rings (SSSR count). The molecule has 0 aliphatic rings. The van der Waals surface area contributed by atoms with E-state index in [1.54, 1.807) is 12.4 Å².